The van der Waals surface area contributed by atoms with Gasteiger partial charge in [0.1, 0.15) is 17.7 Å². The molecule has 0 N–H and O–H groups in total. The molecular formula is C17H24N6O. The molecule has 2 aromatic rings. The van der Waals surface area contributed by atoms with Gasteiger partial charge in [0.05, 0.1) is 0 Å². The van der Waals surface area contributed by atoms with Crippen LogP contribution in [0.1, 0.15) is 53.6 Å². The quantitative estimate of drug-likeness (QED) is 0.855. The molecule has 2 fully saturated rings. The van der Waals surface area contributed by atoms with Crippen LogP contribution in [0, 0.1) is 20.8 Å². The molecule has 0 radical (unpaired) electrons. The monoisotopic (exact) mass is 328 g/mol. The third-order valence-corrected chi connectivity index (χ3v) is 5.11. The molecule has 1 atom stereocenters. The Balaban J connectivity index is 1.60. The van der Waals surface area contributed by atoms with Crippen molar-refractivity contribution in [1.82, 2.24) is 25.0 Å². The summed E-state index contributed by atoms with van der Waals surface area (Å²) in [6.45, 7) is 8.76. The molecule has 24 heavy (non-hydrogen) atoms. The van der Waals surface area contributed by atoms with E-state index in [1.165, 1.54) is 12.8 Å². The molecule has 1 aliphatic carbocycles. The maximum atomic E-state index is 5.58. The van der Waals surface area contributed by atoms with Gasteiger partial charge in [0.2, 0.25) is 5.89 Å². The molecule has 3 heterocycles. The molecule has 0 bridgehead atoms. The van der Waals surface area contributed by atoms with Gasteiger partial charge in [-0.15, -0.1) is 0 Å². The van der Waals surface area contributed by atoms with Gasteiger partial charge in [0, 0.05) is 36.8 Å². The van der Waals surface area contributed by atoms with Crippen molar-refractivity contribution in [3.8, 4) is 0 Å². The number of anilines is 1. The number of piperazine rings is 1. The molecule has 4 rings (SSSR count). The molecule has 1 aliphatic heterocycles. The third kappa shape index (κ3) is 2.77. The van der Waals surface area contributed by atoms with Crippen LogP contribution in [-0.4, -0.2) is 51.7 Å². The zero-order valence-electron chi connectivity index (χ0n) is 14.8. The van der Waals surface area contributed by atoms with Crippen LogP contribution in [0.3, 0.4) is 0 Å². The van der Waals surface area contributed by atoms with Crippen LogP contribution in [-0.2, 0) is 0 Å². The highest BCUT2D eigenvalue weighted by Crippen LogP contribution is 2.39. The second-order valence-corrected chi connectivity index (χ2v) is 7.01. The second kappa shape index (κ2) is 5.81. The summed E-state index contributed by atoms with van der Waals surface area (Å²) in [5.74, 6) is 3.96. The minimum atomic E-state index is 0.105. The fraction of sp³-hybridized carbons (Fsp3) is 0.647. The smallest absolute Gasteiger partial charge is 0.245 e. The van der Waals surface area contributed by atoms with Gasteiger partial charge in [-0.2, -0.15) is 4.98 Å². The summed E-state index contributed by atoms with van der Waals surface area (Å²) >= 11 is 0. The van der Waals surface area contributed by atoms with Crippen LogP contribution < -0.4 is 4.90 Å². The maximum absolute atomic E-state index is 5.58. The summed E-state index contributed by atoms with van der Waals surface area (Å²) in [5.41, 5.74) is 2.19. The van der Waals surface area contributed by atoms with E-state index in [1.807, 2.05) is 13.8 Å². The number of likely N-dealkylation sites (N-methyl/N-ethyl adjacent to an activating group) is 1. The van der Waals surface area contributed by atoms with Gasteiger partial charge in [0.25, 0.3) is 0 Å². The number of aryl methyl sites for hydroxylation is 2. The van der Waals surface area contributed by atoms with Crippen molar-refractivity contribution in [2.75, 3.05) is 31.6 Å². The molecule has 0 unspecified atom stereocenters. The summed E-state index contributed by atoms with van der Waals surface area (Å²) in [6.07, 6.45) is 2.37. The highest BCUT2D eigenvalue weighted by atomic mass is 16.5. The van der Waals surface area contributed by atoms with Crippen molar-refractivity contribution in [2.45, 2.75) is 45.6 Å². The fourth-order valence-corrected chi connectivity index (χ4v) is 3.28. The van der Waals surface area contributed by atoms with E-state index >= 15 is 0 Å². The molecule has 1 saturated carbocycles. The van der Waals surface area contributed by atoms with E-state index in [9.17, 15) is 0 Å². The Morgan fingerprint density at radius 1 is 1.04 bits per heavy atom. The average Bonchev–Trinajstić information content (AvgIpc) is 3.29. The lowest BCUT2D eigenvalue weighted by Gasteiger charge is -2.38. The number of hydrogen-bond acceptors (Lipinski definition) is 7. The van der Waals surface area contributed by atoms with Crippen LogP contribution in [0.15, 0.2) is 4.52 Å². The van der Waals surface area contributed by atoms with Gasteiger partial charge in [-0.05, 0) is 40.7 Å². The molecule has 128 valence electrons. The van der Waals surface area contributed by atoms with Crippen molar-refractivity contribution >= 4 is 5.82 Å². The molecular weight excluding hydrogens is 304 g/mol. The standard InChI is InChI=1S/C17H24N6O/c1-10-11(2)18-12(3)19-16(10)23-8-7-22(4)14(9-23)17-20-15(21-24-17)13-5-6-13/h13-14H,5-9H2,1-4H3/t14-/m0/s1. The molecule has 7 nitrogen and oxygen atoms in total. The molecule has 0 aromatic carbocycles. The topological polar surface area (TPSA) is 71.2 Å². The van der Waals surface area contributed by atoms with Crippen molar-refractivity contribution in [2.24, 2.45) is 0 Å². The zero-order valence-corrected chi connectivity index (χ0v) is 14.8. The first-order valence-electron chi connectivity index (χ1n) is 8.63. The van der Waals surface area contributed by atoms with Crippen molar-refractivity contribution in [3.05, 3.63) is 28.8 Å². The number of nitrogens with zero attached hydrogens (tertiary/aromatic N) is 6. The molecule has 0 spiro atoms. The second-order valence-electron chi connectivity index (χ2n) is 7.01. The van der Waals surface area contributed by atoms with Crippen LogP contribution in [0.4, 0.5) is 5.82 Å². The summed E-state index contributed by atoms with van der Waals surface area (Å²) in [6, 6.07) is 0.105. The lowest BCUT2D eigenvalue weighted by Crippen LogP contribution is -2.47. The van der Waals surface area contributed by atoms with E-state index in [2.05, 4.69) is 43.9 Å². The van der Waals surface area contributed by atoms with Gasteiger partial charge in [0.15, 0.2) is 5.82 Å². The normalized spacial score (nSPS) is 22.2. The Bertz CT molecular complexity index is 754. The van der Waals surface area contributed by atoms with E-state index in [0.29, 0.717) is 5.92 Å². The predicted molar refractivity (Wildman–Crippen MR) is 90.1 cm³/mol. The maximum Gasteiger partial charge on any atom is 0.245 e. The van der Waals surface area contributed by atoms with Crippen LogP contribution in [0.2, 0.25) is 0 Å². The summed E-state index contributed by atoms with van der Waals surface area (Å²) in [4.78, 5) is 18.4. The van der Waals surface area contributed by atoms with Gasteiger partial charge < -0.3 is 9.42 Å². The van der Waals surface area contributed by atoms with E-state index < -0.39 is 0 Å². The Morgan fingerprint density at radius 3 is 2.58 bits per heavy atom. The average molecular weight is 328 g/mol. The van der Waals surface area contributed by atoms with Crippen LogP contribution in [0.25, 0.3) is 0 Å². The minimum absolute atomic E-state index is 0.105. The first-order valence-corrected chi connectivity index (χ1v) is 8.63. The number of hydrogen-bond donors (Lipinski definition) is 0. The van der Waals surface area contributed by atoms with Crippen LogP contribution in [0.5, 0.6) is 0 Å². The molecule has 2 aromatic heterocycles. The lowest BCUT2D eigenvalue weighted by atomic mass is 10.1. The van der Waals surface area contributed by atoms with Crippen molar-refractivity contribution in [1.29, 1.82) is 0 Å². The highest BCUT2D eigenvalue weighted by molar-refractivity contribution is 5.49. The SMILES string of the molecule is Cc1nc(C)c(C)c(N2CCN(C)[C@H](c3nc(C4CC4)no3)C2)n1. The highest BCUT2D eigenvalue weighted by Gasteiger charge is 2.34. The Labute approximate surface area is 142 Å². The van der Waals surface area contributed by atoms with Crippen molar-refractivity contribution in [3.63, 3.8) is 0 Å². The van der Waals surface area contributed by atoms with Gasteiger partial charge in [-0.25, -0.2) is 9.97 Å². The van der Waals surface area contributed by atoms with Crippen molar-refractivity contribution < 1.29 is 4.52 Å². The van der Waals surface area contributed by atoms with Gasteiger partial charge in [-0.1, -0.05) is 5.16 Å². The fourth-order valence-electron chi connectivity index (χ4n) is 3.28. The van der Waals surface area contributed by atoms with E-state index in [0.717, 1.165) is 54.2 Å². The first-order chi connectivity index (χ1) is 11.5. The summed E-state index contributed by atoms with van der Waals surface area (Å²) in [5, 5.41) is 4.17. The van der Waals surface area contributed by atoms with E-state index in [-0.39, 0.29) is 6.04 Å². The molecule has 2 aliphatic rings. The number of rotatable bonds is 3. The number of aromatic nitrogens is 4. The van der Waals surface area contributed by atoms with Gasteiger partial charge >= 0.3 is 0 Å². The third-order valence-electron chi connectivity index (χ3n) is 5.11. The Morgan fingerprint density at radius 2 is 1.83 bits per heavy atom. The molecule has 0 amide bonds. The summed E-state index contributed by atoms with van der Waals surface area (Å²) < 4.78 is 5.58. The largest absolute Gasteiger partial charge is 0.353 e. The predicted octanol–water partition coefficient (Wildman–Crippen LogP) is 2.16. The summed E-state index contributed by atoms with van der Waals surface area (Å²) in [7, 11) is 2.12. The zero-order chi connectivity index (χ0) is 16.8. The lowest BCUT2D eigenvalue weighted by molar-refractivity contribution is 0.177. The van der Waals surface area contributed by atoms with Crippen LogP contribution >= 0.6 is 0 Å². The first kappa shape index (κ1) is 15.5. The van der Waals surface area contributed by atoms with Gasteiger partial charge in [-0.3, -0.25) is 4.90 Å². The Kier molecular flexibility index (Phi) is 3.75. The Hall–Kier alpha value is -2.02. The van der Waals surface area contributed by atoms with E-state index in [1.54, 1.807) is 0 Å². The minimum Gasteiger partial charge on any atom is -0.353 e. The molecule has 1 saturated heterocycles. The van der Waals surface area contributed by atoms with E-state index in [4.69, 9.17) is 4.52 Å². The molecule has 7 heteroatoms.